The highest BCUT2D eigenvalue weighted by Gasteiger charge is 2.24. The Morgan fingerprint density at radius 1 is 0.750 bits per heavy atom. The molecule has 18 heteroatoms. The Kier molecular flexibility index (Phi) is 12.9. The molecule has 0 bridgehead atoms. The van der Waals surface area contributed by atoms with Crippen LogP contribution in [-0.4, -0.2) is 58.5 Å². The van der Waals surface area contributed by atoms with Gasteiger partial charge in [0.25, 0.3) is 0 Å². The van der Waals surface area contributed by atoms with Gasteiger partial charge in [-0.2, -0.15) is 0 Å². The number of aromatic amines is 2. The number of nitrogens with zero attached hydrogens (tertiary/aromatic N) is 2. The maximum Gasteiger partial charge on any atom is 0.190 e. The number of anilines is 4. The van der Waals surface area contributed by atoms with E-state index in [1.165, 1.54) is 18.7 Å². The number of sulfone groups is 1. The molecule has 5 aromatic carbocycles. The molecule has 0 aliphatic rings. The van der Waals surface area contributed by atoms with Crippen LogP contribution < -0.4 is 10.6 Å². The summed E-state index contributed by atoms with van der Waals surface area (Å²) in [5.41, 5.74) is 2.50. The predicted octanol–water partition coefficient (Wildman–Crippen LogP) is 10.3. The van der Waals surface area contributed by atoms with E-state index in [9.17, 15) is 22.4 Å². The molecular formula is C38H28Br2Cl2F2N6O5S. The first-order chi connectivity index (χ1) is 26.7. The van der Waals surface area contributed by atoms with Crippen molar-refractivity contribution in [2.75, 3.05) is 29.2 Å². The first kappa shape index (κ1) is 40.9. The van der Waals surface area contributed by atoms with E-state index in [1.54, 1.807) is 42.5 Å². The third kappa shape index (κ3) is 9.80. The smallest absolute Gasteiger partial charge is 0.190 e. The quantitative estimate of drug-likeness (QED) is 0.0875. The van der Waals surface area contributed by atoms with Crippen LogP contribution in [0, 0.1) is 11.6 Å². The first-order valence-corrected chi connectivity index (χ1v) is 20.7. The van der Waals surface area contributed by atoms with E-state index in [1.807, 2.05) is 30.3 Å². The number of halogens is 6. The number of hydrogen-bond donors (Lipinski definition) is 4. The zero-order valence-corrected chi connectivity index (χ0v) is 34.4. The van der Waals surface area contributed by atoms with E-state index in [4.69, 9.17) is 27.9 Å². The summed E-state index contributed by atoms with van der Waals surface area (Å²) in [6.45, 7) is 0.0827. The second-order valence-electron chi connectivity index (χ2n) is 12.2. The molecule has 2 heterocycles. The van der Waals surface area contributed by atoms with Gasteiger partial charge in [0.05, 0.1) is 63.1 Å². The molecule has 11 nitrogen and oxygen atoms in total. The molecule has 4 N–H and O–H groups in total. The SMILES string of the molecule is CS(=O)(=O)CC(=O)c1cc2[nH]cnc2c(F)c1Nc1ccc(Br)cc1Cl.O=C(COCc1ccccc1)c1cc2[nH]cnc2c(F)c1Nc1ccc(Br)cc1Cl. The molecule has 288 valence electrons. The highest BCUT2D eigenvalue weighted by Crippen LogP contribution is 2.36. The van der Waals surface area contributed by atoms with E-state index in [0.29, 0.717) is 26.9 Å². The number of rotatable bonds is 12. The van der Waals surface area contributed by atoms with Crippen molar-refractivity contribution in [1.82, 2.24) is 19.9 Å². The molecule has 7 rings (SSSR count). The Labute approximate surface area is 345 Å². The van der Waals surface area contributed by atoms with Crippen LogP contribution in [0.3, 0.4) is 0 Å². The lowest BCUT2D eigenvalue weighted by atomic mass is 10.1. The minimum Gasteiger partial charge on any atom is -0.369 e. The Hall–Kier alpha value is -4.71. The van der Waals surface area contributed by atoms with Crippen molar-refractivity contribution >= 4 is 121 Å². The van der Waals surface area contributed by atoms with Crippen LogP contribution in [-0.2, 0) is 21.2 Å². The lowest BCUT2D eigenvalue weighted by Crippen LogP contribution is -2.16. The summed E-state index contributed by atoms with van der Waals surface area (Å²) < 4.78 is 60.2. The standard InChI is InChI=1S/C22H16BrClFN3O2.C16H12BrClFN3O3S/c23-14-6-7-17(16(24)8-14)28-21-15(9-18-22(20(21)25)27-12-26-18)19(29)11-30-10-13-4-2-1-3-5-13;1-26(24,25)6-13(23)9-5-12-16(21-7-20-12)14(19)15(9)22-11-3-2-8(17)4-10(11)18/h1-9,12,28H,10-11H2,(H,26,27);2-5,7,22H,6H2,1H3,(H,20,21). The second-order valence-corrected chi connectivity index (χ2v) is 17.0. The van der Waals surface area contributed by atoms with Gasteiger partial charge >= 0.3 is 0 Å². The highest BCUT2D eigenvalue weighted by molar-refractivity contribution is 9.10. The van der Waals surface area contributed by atoms with Gasteiger partial charge in [0.2, 0.25) is 0 Å². The zero-order chi connectivity index (χ0) is 40.1. The van der Waals surface area contributed by atoms with Crippen molar-refractivity contribution in [1.29, 1.82) is 0 Å². The van der Waals surface area contributed by atoms with Crippen molar-refractivity contribution in [3.8, 4) is 0 Å². The molecule has 0 unspecified atom stereocenters. The number of carbonyl (C=O) groups excluding carboxylic acids is 2. The Bertz CT molecular complexity index is 2720. The lowest BCUT2D eigenvalue weighted by molar-refractivity contribution is 0.0727. The molecule has 0 atom stereocenters. The molecule has 0 fully saturated rings. The number of H-pyrrole nitrogens is 2. The van der Waals surface area contributed by atoms with Crippen LogP contribution in [0.2, 0.25) is 10.0 Å². The van der Waals surface area contributed by atoms with Crippen LogP contribution in [0.1, 0.15) is 26.3 Å². The van der Waals surface area contributed by atoms with Crippen LogP contribution in [0.15, 0.2) is 100 Å². The van der Waals surface area contributed by atoms with Gasteiger partial charge in [-0.05, 0) is 54.1 Å². The van der Waals surface area contributed by atoms with E-state index in [-0.39, 0.29) is 58.0 Å². The highest BCUT2D eigenvalue weighted by atomic mass is 79.9. The monoisotopic (exact) mass is 946 g/mol. The minimum atomic E-state index is -3.59. The Morgan fingerprint density at radius 2 is 1.23 bits per heavy atom. The molecule has 0 saturated carbocycles. The van der Waals surface area contributed by atoms with Crippen LogP contribution in [0.25, 0.3) is 22.1 Å². The summed E-state index contributed by atoms with van der Waals surface area (Å²) in [5, 5.41) is 6.41. The summed E-state index contributed by atoms with van der Waals surface area (Å²) in [6, 6.07) is 22.5. The molecule has 7 aromatic rings. The molecular weight excluding hydrogens is 921 g/mol. The van der Waals surface area contributed by atoms with Gasteiger partial charge in [-0.3, -0.25) is 9.59 Å². The Balaban J connectivity index is 0.000000192. The predicted molar refractivity (Wildman–Crippen MR) is 221 cm³/mol. The normalized spacial score (nSPS) is 11.3. The van der Waals surface area contributed by atoms with Crippen molar-refractivity contribution < 1.29 is 31.5 Å². The number of carbonyl (C=O) groups is 2. The third-order valence-electron chi connectivity index (χ3n) is 8.03. The van der Waals surface area contributed by atoms with Crippen LogP contribution >= 0.6 is 55.1 Å². The molecule has 0 aliphatic heterocycles. The largest absolute Gasteiger partial charge is 0.369 e. The van der Waals surface area contributed by atoms with Gasteiger partial charge in [-0.1, -0.05) is 85.4 Å². The minimum absolute atomic E-state index is 0.00661. The summed E-state index contributed by atoms with van der Waals surface area (Å²) in [4.78, 5) is 38.8. The van der Waals surface area contributed by atoms with Gasteiger partial charge in [-0.15, -0.1) is 0 Å². The number of nitrogens with one attached hydrogen (secondary N) is 4. The van der Waals surface area contributed by atoms with Gasteiger partial charge < -0.3 is 25.3 Å². The van der Waals surface area contributed by atoms with Crippen molar-refractivity contribution in [2.45, 2.75) is 6.61 Å². The van der Waals surface area contributed by atoms with E-state index < -0.39 is 33.0 Å². The fourth-order valence-electron chi connectivity index (χ4n) is 5.45. The molecule has 56 heavy (non-hydrogen) atoms. The average Bonchev–Trinajstić information content (AvgIpc) is 3.83. The number of ether oxygens (including phenoxy) is 1. The van der Waals surface area contributed by atoms with Gasteiger partial charge in [0.1, 0.15) is 23.4 Å². The molecule has 0 amide bonds. The molecule has 2 aromatic heterocycles. The number of imidazole rings is 2. The number of aromatic nitrogens is 4. The summed E-state index contributed by atoms with van der Waals surface area (Å²) in [5.74, 6) is -3.26. The molecule has 0 aliphatic carbocycles. The van der Waals surface area contributed by atoms with E-state index in [0.717, 1.165) is 20.8 Å². The van der Waals surface area contributed by atoms with Gasteiger partial charge in [0.15, 0.2) is 33.0 Å². The summed E-state index contributed by atoms with van der Waals surface area (Å²) in [7, 11) is -3.59. The fourth-order valence-corrected chi connectivity index (χ4v) is 7.52. The summed E-state index contributed by atoms with van der Waals surface area (Å²) in [6.07, 6.45) is 3.61. The fraction of sp³-hybridized carbons (Fsp3) is 0.105. The Morgan fingerprint density at radius 3 is 1.70 bits per heavy atom. The van der Waals surface area contributed by atoms with Crippen molar-refractivity contribution in [3.63, 3.8) is 0 Å². The van der Waals surface area contributed by atoms with E-state index >= 15 is 4.39 Å². The summed E-state index contributed by atoms with van der Waals surface area (Å²) >= 11 is 19.0. The molecule has 0 saturated heterocycles. The van der Waals surface area contributed by atoms with Crippen molar-refractivity contribution in [3.05, 3.63) is 139 Å². The number of benzene rings is 5. The zero-order valence-electron chi connectivity index (χ0n) is 28.9. The molecule has 0 radical (unpaired) electrons. The van der Waals surface area contributed by atoms with Gasteiger partial charge in [0, 0.05) is 26.3 Å². The number of hydrogen-bond acceptors (Lipinski definition) is 9. The average molecular weight is 949 g/mol. The maximum atomic E-state index is 15.2. The first-order valence-electron chi connectivity index (χ1n) is 16.3. The third-order valence-corrected chi connectivity index (χ3v) is 10.4. The van der Waals surface area contributed by atoms with Crippen LogP contribution in [0.4, 0.5) is 31.5 Å². The van der Waals surface area contributed by atoms with Gasteiger partial charge in [-0.25, -0.2) is 27.2 Å². The number of Topliss-reactive ketones (excluding diaryl/α,β-unsaturated/α-hetero) is 2. The second kappa shape index (κ2) is 17.6. The number of ketones is 2. The topological polar surface area (TPSA) is 159 Å². The van der Waals surface area contributed by atoms with E-state index in [2.05, 4.69) is 62.4 Å². The number of fused-ring (bicyclic) bond motifs is 2. The molecule has 0 spiro atoms. The van der Waals surface area contributed by atoms with Crippen molar-refractivity contribution in [2.24, 2.45) is 0 Å². The maximum absolute atomic E-state index is 15.2. The lowest BCUT2D eigenvalue weighted by Gasteiger charge is -2.14. The van der Waals surface area contributed by atoms with Crippen LogP contribution in [0.5, 0.6) is 0 Å².